The first kappa shape index (κ1) is 20.5. The molecule has 4 fully saturated rings. The van der Waals surface area contributed by atoms with Gasteiger partial charge < -0.3 is 20.1 Å². The second kappa shape index (κ2) is 7.65. The quantitative estimate of drug-likeness (QED) is 0.766. The molecular weight excluding hydrogens is 396 g/mol. The van der Waals surface area contributed by atoms with Crippen LogP contribution in [-0.4, -0.2) is 75.9 Å². The number of carbonyl (C=O) groups excluding carboxylic acids is 1. The van der Waals surface area contributed by atoms with Crippen LogP contribution in [0.1, 0.15) is 44.7 Å². The van der Waals surface area contributed by atoms with Crippen LogP contribution in [0.3, 0.4) is 0 Å². The fourth-order valence-corrected chi connectivity index (χ4v) is 6.78. The van der Waals surface area contributed by atoms with Gasteiger partial charge >= 0.3 is 12.2 Å². The summed E-state index contributed by atoms with van der Waals surface area (Å²) < 4.78 is 5.86. The number of pyridine rings is 1. The van der Waals surface area contributed by atoms with Gasteiger partial charge in [0.15, 0.2) is 0 Å². The summed E-state index contributed by atoms with van der Waals surface area (Å²) in [5.41, 5.74) is 0.675. The lowest BCUT2D eigenvalue weighted by Crippen LogP contribution is -2.63. The largest absolute Gasteiger partial charge is 0.465 e. The van der Waals surface area contributed by atoms with Crippen LogP contribution in [0.2, 0.25) is 0 Å². The summed E-state index contributed by atoms with van der Waals surface area (Å²) in [7, 11) is 0. The van der Waals surface area contributed by atoms with Gasteiger partial charge in [0.1, 0.15) is 5.60 Å². The van der Waals surface area contributed by atoms with Crippen molar-refractivity contribution in [2.45, 2.75) is 63.1 Å². The number of amides is 2. The molecule has 4 atom stereocenters. The first-order valence-electron chi connectivity index (χ1n) is 11.6. The van der Waals surface area contributed by atoms with E-state index in [4.69, 9.17) is 4.74 Å². The first-order chi connectivity index (χ1) is 14.9. The number of alkyl carbamates (subject to hydrolysis) is 1. The molecule has 0 bridgehead atoms. The van der Waals surface area contributed by atoms with Gasteiger partial charge in [0.2, 0.25) is 0 Å². The number of nitrogens with zero attached hydrogens (tertiary/aromatic N) is 3. The van der Waals surface area contributed by atoms with Crippen LogP contribution in [-0.2, 0) is 11.2 Å². The third-order valence-corrected chi connectivity index (χ3v) is 8.44. The fourth-order valence-electron chi connectivity index (χ4n) is 6.78. The van der Waals surface area contributed by atoms with E-state index in [9.17, 15) is 14.7 Å². The highest BCUT2D eigenvalue weighted by molar-refractivity contribution is 5.71. The van der Waals surface area contributed by atoms with Crippen molar-refractivity contribution in [3.63, 3.8) is 0 Å². The molecule has 3 aliphatic heterocycles. The molecule has 8 heteroatoms. The summed E-state index contributed by atoms with van der Waals surface area (Å²) >= 11 is 0. The van der Waals surface area contributed by atoms with Crippen LogP contribution in [0, 0.1) is 11.3 Å². The zero-order valence-corrected chi connectivity index (χ0v) is 18.1. The van der Waals surface area contributed by atoms with E-state index in [0.717, 1.165) is 50.9 Å². The van der Waals surface area contributed by atoms with Gasteiger partial charge in [-0.2, -0.15) is 0 Å². The van der Waals surface area contributed by atoms with E-state index >= 15 is 0 Å². The van der Waals surface area contributed by atoms with Gasteiger partial charge in [-0.15, -0.1) is 0 Å². The van der Waals surface area contributed by atoms with Crippen LogP contribution < -0.4 is 5.32 Å². The monoisotopic (exact) mass is 428 g/mol. The number of rotatable bonds is 4. The number of likely N-dealkylation sites (tertiary alicyclic amines) is 2. The highest BCUT2D eigenvalue weighted by Gasteiger charge is 2.59. The Morgan fingerprint density at radius 2 is 2.10 bits per heavy atom. The third-order valence-electron chi connectivity index (χ3n) is 8.44. The number of ether oxygens (including phenoxy) is 1. The SMILES string of the molecule is CCC1C(N2CCC3(CC2)OC(=O)NC3Cc2ccccn2)CC12CCN(C(=O)O)C2. The van der Waals surface area contributed by atoms with Crippen molar-refractivity contribution in [2.24, 2.45) is 11.3 Å². The van der Waals surface area contributed by atoms with Crippen molar-refractivity contribution >= 4 is 12.2 Å². The second-order valence-corrected chi connectivity index (χ2v) is 9.82. The molecule has 168 valence electrons. The Labute approximate surface area is 182 Å². The van der Waals surface area contributed by atoms with Gasteiger partial charge in [0.05, 0.1) is 6.04 Å². The minimum atomic E-state index is -0.787. The Bertz CT molecular complexity index is 841. The molecule has 3 saturated heterocycles. The summed E-state index contributed by atoms with van der Waals surface area (Å²) in [5, 5.41) is 12.4. The molecule has 0 radical (unpaired) electrons. The van der Waals surface area contributed by atoms with Crippen LogP contribution in [0.5, 0.6) is 0 Å². The average Bonchev–Trinajstić information content (AvgIpc) is 3.32. The normalized spacial score (nSPS) is 34.5. The third kappa shape index (κ3) is 3.45. The molecule has 4 unspecified atom stereocenters. The molecule has 1 aromatic heterocycles. The molecule has 8 nitrogen and oxygen atoms in total. The maximum Gasteiger partial charge on any atom is 0.408 e. The molecule has 1 saturated carbocycles. The van der Waals surface area contributed by atoms with Gasteiger partial charge in [-0.3, -0.25) is 9.88 Å². The van der Waals surface area contributed by atoms with E-state index in [-0.39, 0.29) is 17.6 Å². The topological polar surface area (TPSA) is 95.0 Å². The summed E-state index contributed by atoms with van der Waals surface area (Å²) in [5.74, 6) is 0.541. The van der Waals surface area contributed by atoms with Crippen LogP contribution in [0.15, 0.2) is 24.4 Å². The van der Waals surface area contributed by atoms with E-state index in [2.05, 4.69) is 22.1 Å². The predicted octanol–water partition coefficient (Wildman–Crippen LogP) is 2.74. The average molecular weight is 429 g/mol. The number of hydrogen-bond acceptors (Lipinski definition) is 5. The van der Waals surface area contributed by atoms with E-state index in [1.165, 1.54) is 0 Å². The number of aromatic nitrogens is 1. The lowest BCUT2D eigenvalue weighted by atomic mass is 9.54. The van der Waals surface area contributed by atoms with Gasteiger partial charge in [0.25, 0.3) is 0 Å². The maximum absolute atomic E-state index is 12.1. The zero-order valence-electron chi connectivity index (χ0n) is 18.1. The van der Waals surface area contributed by atoms with Gasteiger partial charge in [0, 0.05) is 63.4 Å². The Kier molecular flexibility index (Phi) is 5.07. The van der Waals surface area contributed by atoms with Crippen molar-refractivity contribution in [2.75, 3.05) is 26.2 Å². The minimum absolute atomic E-state index is 0.0503. The number of piperidine rings is 1. The summed E-state index contributed by atoms with van der Waals surface area (Å²) in [6, 6.07) is 6.33. The molecule has 1 aliphatic carbocycles. The molecule has 0 aromatic carbocycles. The molecular formula is C23H32N4O4. The van der Waals surface area contributed by atoms with Gasteiger partial charge in [-0.25, -0.2) is 9.59 Å². The lowest BCUT2D eigenvalue weighted by Gasteiger charge is -2.58. The number of carboxylic acid groups (broad SMARTS) is 1. The van der Waals surface area contributed by atoms with Crippen molar-refractivity contribution < 1.29 is 19.4 Å². The Morgan fingerprint density at radius 3 is 2.74 bits per heavy atom. The van der Waals surface area contributed by atoms with E-state index in [1.54, 1.807) is 11.1 Å². The first-order valence-corrected chi connectivity index (χ1v) is 11.6. The van der Waals surface area contributed by atoms with Crippen molar-refractivity contribution in [1.82, 2.24) is 20.1 Å². The zero-order chi connectivity index (χ0) is 21.6. The molecule has 4 aliphatic rings. The van der Waals surface area contributed by atoms with Crippen molar-refractivity contribution in [1.29, 1.82) is 0 Å². The smallest absolute Gasteiger partial charge is 0.408 e. The Balaban J connectivity index is 1.23. The molecule has 1 aromatic rings. The number of nitrogens with one attached hydrogen (secondary N) is 1. The fraction of sp³-hybridized carbons (Fsp3) is 0.696. The lowest BCUT2D eigenvalue weighted by molar-refractivity contribution is -0.102. The van der Waals surface area contributed by atoms with Crippen LogP contribution in [0.25, 0.3) is 0 Å². The number of hydrogen-bond donors (Lipinski definition) is 2. The van der Waals surface area contributed by atoms with E-state index in [1.807, 2.05) is 18.2 Å². The molecule has 2 N–H and O–H groups in total. The Morgan fingerprint density at radius 1 is 1.29 bits per heavy atom. The maximum atomic E-state index is 12.1. The summed E-state index contributed by atoms with van der Waals surface area (Å²) in [6.07, 6.45) is 6.16. The molecule has 2 amide bonds. The van der Waals surface area contributed by atoms with Crippen molar-refractivity contribution in [3.8, 4) is 0 Å². The Hall–Kier alpha value is -2.35. The van der Waals surface area contributed by atoms with E-state index < -0.39 is 11.7 Å². The second-order valence-electron chi connectivity index (χ2n) is 9.82. The van der Waals surface area contributed by atoms with Gasteiger partial charge in [-0.1, -0.05) is 19.4 Å². The highest BCUT2D eigenvalue weighted by atomic mass is 16.6. The van der Waals surface area contributed by atoms with Crippen LogP contribution >= 0.6 is 0 Å². The predicted molar refractivity (Wildman–Crippen MR) is 114 cm³/mol. The number of carbonyl (C=O) groups is 2. The van der Waals surface area contributed by atoms with Gasteiger partial charge in [-0.05, 0) is 36.3 Å². The minimum Gasteiger partial charge on any atom is -0.465 e. The van der Waals surface area contributed by atoms with Crippen molar-refractivity contribution in [3.05, 3.63) is 30.1 Å². The van der Waals surface area contributed by atoms with Crippen LogP contribution in [0.4, 0.5) is 9.59 Å². The highest BCUT2D eigenvalue weighted by Crippen LogP contribution is 2.56. The summed E-state index contributed by atoms with van der Waals surface area (Å²) in [4.78, 5) is 32.1. The molecule has 2 spiro atoms. The molecule has 4 heterocycles. The summed E-state index contributed by atoms with van der Waals surface area (Å²) in [6.45, 7) is 5.40. The standard InChI is InChI=1S/C23H32N4O4/c1-2-17-18(14-22(17)6-10-27(15-22)21(29)30)26-11-7-23(8-12-26)19(25-20(28)31-23)13-16-5-3-4-9-24-16/h3-5,9,17-19H,2,6-8,10-15H2,1H3,(H,25,28)(H,29,30). The molecule has 31 heavy (non-hydrogen) atoms. The van der Waals surface area contributed by atoms with E-state index in [0.29, 0.717) is 31.5 Å². The molecule has 5 rings (SSSR count).